The molecule has 29 heavy (non-hydrogen) atoms. The van der Waals surface area contributed by atoms with E-state index in [1.807, 2.05) is 24.3 Å². The van der Waals surface area contributed by atoms with Gasteiger partial charge in [-0.25, -0.2) is 17.1 Å². The molecule has 1 aliphatic rings. The summed E-state index contributed by atoms with van der Waals surface area (Å²) in [5, 5.41) is 2.92. The van der Waals surface area contributed by atoms with Crippen molar-refractivity contribution in [2.24, 2.45) is 5.92 Å². The van der Waals surface area contributed by atoms with Crippen molar-refractivity contribution in [1.29, 1.82) is 0 Å². The molecule has 0 aliphatic carbocycles. The van der Waals surface area contributed by atoms with Gasteiger partial charge < -0.3 is 10.1 Å². The monoisotopic (exact) mass is 420 g/mol. The van der Waals surface area contributed by atoms with Gasteiger partial charge in [-0.3, -0.25) is 4.79 Å². The summed E-state index contributed by atoms with van der Waals surface area (Å²) in [5.41, 5.74) is 1.82. The molecule has 1 aliphatic heterocycles. The normalized spacial score (nSPS) is 15.8. The second kappa shape index (κ2) is 9.37. The highest BCUT2D eigenvalue weighted by Crippen LogP contribution is 2.20. The molecule has 0 saturated carbocycles. The van der Waals surface area contributed by atoms with Crippen molar-refractivity contribution in [3.05, 3.63) is 65.5 Å². The summed E-state index contributed by atoms with van der Waals surface area (Å²) < 4.78 is 43.1. The zero-order valence-electron chi connectivity index (χ0n) is 16.3. The third-order valence-electron chi connectivity index (χ3n) is 5.00. The Morgan fingerprint density at radius 3 is 2.24 bits per heavy atom. The van der Waals surface area contributed by atoms with Gasteiger partial charge in [0.05, 0.1) is 6.26 Å². The lowest BCUT2D eigenvalue weighted by Crippen LogP contribution is -2.42. The van der Waals surface area contributed by atoms with E-state index in [1.54, 1.807) is 12.1 Å². The molecule has 156 valence electrons. The first-order valence-corrected chi connectivity index (χ1v) is 11.3. The predicted molar refractivity (Wildman–Crippen MR) is 108 cm³/mol. The number of carbonyl (C=O) groups excluding carboxylic acids is 1. The van der Waals surface area contributed by atoms with Gasteiger partial charge in [-0.2, -0.15) is 0 Å². The highest BCUT2D eigenvalue weighted by molar-refractivity contribution is 7.88. The molecule has 1 saturated heterocycles. The number of hydrogen-bond acceptors (Lipinski definition) is 4. The van der Waals surface area contributed by atoms with Gasteiger partial charge in [-0.15, -0.1) is 0 Å². The Morgan fingerprint density at radius 1 is 1.07 bits per heavy atom. The van der Waals surface area contributed by atoms with Gasteiger partial charge >= 0.3 is 0 Å². The van der Waals surface area contributed by atoms with Crippen LogP contribution in [0.1, 0.15) is 24.0 Å². The number of hydrogen-bond donors (Lipinski definition) is 1. The standard InChI is InChI=1S/C21H25FN2O4S/c1-29(26,27)24-12-10-18(11-13-24)21(25)23-14-16-4-8-20(9-5-16)28-15-17-2-6-19(22)7-3-17/h2-9,18H,10-15H2,1H3,(H,23,25). The second-order valence-electron chi connectivity index (χ2n) is 7.21. The number of rotatable bonds is 7. The zero-order chi connectivity index (χ0) is 20.9. The SMILES string of the molecule is CS(=O)(=O)N1CCC(C(=O)NCc2ccc(OCc3ccc(F)cc3)cc2)CC1. The molecular weight excluding hydrogens is 395 g/mol. The summed E-state index contributed by atoms with van der Waals surface area (Å²) in [5.74, 6) is 0.208. The zero-order valence-corrected chi connectivity index (χ0v) is 17.1. The van der Waals surface area contributed by atoms with Crippen LogP contribution in [-0.4, -0.2) is 38.0 Å². The Balaban J connectivity index is 1.43. The van der Waals surface area contributed by atoms with Gasteiger partial charge in [0.25, 0.3) is 0 Å². The van der Waals surface area contributed by atoms with Crippen LogP contribution in [0.2, 0.25) is 0 Å². The number of nitrogens with one attached hydrogen (secondary N) is 1. The Morgan fingerprint density at radius 2 is 1.66 bits per heavy atom. The van der Waals surface area contributed by atoms with Gasteiger partial charge in [0.15, 0.2) is 0 Å². The van der Waals surface area contributed by atoms with Crippen LogP contribution in [0.5, 0.6) is 5.75 Å². The average Bonchev–Trinajstić information content (AvgIpc) is 2.72. The highest BCUT2D eigenvalue weighted by Gasteiger charge is 2.28. The summed E-state index contributed by atoms with van der Waals surface area (Å²) in [6.45, 7) is 1.53. The molecule has 0 spiro atoms. The van der Waals surface area contributed by atoms with E-state index < -0.39 is 10.0 Å². The van der Waals surface area contributed by atoms with Crippen molar-refractivity contribution in [2.75, 3.05) is 19.3 Å². The summed E-state index contributed by atoms with van der Waals surface area (Å²) in [6, 6.07) is 13.6. The molecule has 1 heterocycles. The maximum Gasteiger partial charge on any atom is 0.223 e. The van der Waals surface area contributed by atoms with Crippen LogP contribution in [0.3, 0.4) is 0 Å². The van der Waals surface area contributed by atoms with Gasteiger partial charge in [0.2, 0.25) is 15.9 Å². The van der Waals surface area contributed by atoms with Crippen LogP contribution < -0.4 is 10.1 Å². The smallest absolute Gasteiger partial charge is 0.223 e. The highest BCUT2D eigenvalue weighted by atomic mass is 32.2. The predicted octanol–water partition coefficient (Wildman–Crippen LogP) is 2.69. The van der Waals surface area contributed by atoms with Crippen molar-refractivity contribution in [3.8, 4) is 5.75 Å². The Kier molecular flexibility index (Phi) is 6.87. The molecule has 3 rings (SSSR count). The van der Waals surface area contributed by atoms with E-state index >= 15 is 0 Å². The minimum Gasteiger partial charge on any atom is -0.489 e. The van der Waals surface area contributed by atoms with Crippen LogP contribution in [0, 0.1) is 11.7 Å². The molecule has 2 aromatic carbocycles. The Bertz CT molecular complexity index is 922. The molecule has 2 aromatic rings. The number of piperidine rings is 1. The molecule has 0 aromatic heterocycles. The summed E-state index contributed by atoms with van der Waals surface area (Å²) in [7, 11) is -3.19. The topological polar surface area (TPSA) is 75.7 Å². The van der Waals surface area contributed by atoms with Gasteiger partial charge in [-0.05, 0) is 48.2 Å². The molecule has 8 heteroatoms. The molecule has 0 radical (unpaired) electrons. The van der Waals surface area contributed by atoms with E-state index in [2.05, 4.69) is 5.32 Å². The molecule has 0 atom stereocenters. The quantitative estimate of drug-likeness (QED) is 0.747. The molecular formula is C21H25FN2O4S. The van der Waals surface area contributed by atoms with Crippen molar-refractivity contribution in [3.63, 3.8) is 0 Å². The molecule has 6 nitrogen and oxygen atoms in total. The molecule has 1 fully saturated rings. The fourth-order valence-electron chi connectivity index (χ4n) is 3.23. The maximum absolute atomic E-state index is 12.9. The summed E-state index contributed by atoms with van der Waals surface area (Å²) in [4.78, 5) is 12.3. The van der Waals surface area contributed by atoms with Gasteiger partial charge in [-0.1, -0.05) is 24.3 Å². The fraction of sp³-hybridized carbons (Fsp3) is 0.381. The lowest BCUT2D eigenvalue weighted by molar-refractivity contribution is -0.126. The molecule has 0 bridgehead atoms. The first-order chi connectivity index (χ1) is 13.8. The van der Waals surface area contributed by atoms with Crippen molar-refractivity contribution >= 4 is 15.9 Å². The van der Waals surface area contributed by atoms with Crippen LogP contribution in [0.4, 0.5) is 4.39 Å². The number of amides is 1. The second-order valence-corrected chi connectivity index (χ2v) is 9.20. The number of ether oxygens (including phenoxy) is 1. The molecule has 1 amide bonds. The third-order valence-corrected chi connectivity index (χ3v) is 6.31. The van der Waals surface area contributed by atoms with Crippen LogP contribution in [-0.2, 0) is 28.0 Å². The maximum atomic E-state index is 12.9. The molecule has 0 unspecified atom stereocenters. The number of sulfonamides is 1. The van der Waals surface area contributed by atoms with E-state index in [0.29, 0.717) is 44.8 Å². The first kappa shape index (κ1) is 21.3. The van der Waals surface area contributed by atoms with E-state index in [1.165, 1.54) is 22.7 Å². The number of carbonyl (C=O) groups is 1. The number of nitrogens with zero attached hydrogens (tertiary/aromatic N) is 1. The van der Waals surface area contributed by atoms with Crippen molar-refractivity contribution < 1.29 is 22.3 Å². The first-order valence-electron chi connectivity index (χ1n) is 9.50. The van der Waals surface area contributed by atoms with E-state index in [4.69, 9.17) is 4.74 Å². The van der Waals surface area contributed by atoms with Gasteiger partial charge in [0, 0.05) is 25.6 Å². The van der Waals surface area contributed by atoms with Crippen LogP contribution in [0.25, 0.3) is 0 Å². The van der Waals surface area contributed by atoms with Gasteiger partial charge in [0.1, 0.15) is 18.2 Å². The van der Waals surface area contributed by atoms with E-state index in [9.17, 15) is 17.6 Å². The van der Waals surface area contributed by atoms with Crippen molar-refractivity contribution in [2.45, 2.75) is 26.0 Å². The average molecular weight is 421 g/mol. The number of halogens is 1. The van der Waals surface area contributed by atoms with Crippen LogP contribution in [0.15, 0.2) is 48.5 Å². The number of benzene rings is 2. The Hall–Kier alpha value is -2.45. The largest absolute Gasteiger partial charge is 0.489 e. The van der Waals surface area contributed by atoms with Crippen LogP contribution >= 0.6 is 0 Å². The minimum atomic E-state index is -3.19. The Labute approximate surface area is 170 Å². The lowest BCUT2D eigenvalue weighted by atomic mass is 9.97. The van der Waals surface area contributed by atoms with Crippen molar-refractivity contribution in [1.82, 2.24) is 9.62 Å². The minimum absolute atomic E-state index is 0.0465. The third kappa shape index (κ3) is 6.27. The lowest BCUT2D eigenvalue weighted by Gasteiger charge is -2.29. The summed E-state index contributed by atoms with van der Waals surface area (Å²) in [6.07, 6.45) is 2.27. The van der Waals surface area contributed by atoms with E-state index in [-0.39, 0.29) is 17.6 Å². The molecule has 1 N–H and O–H groups in total. The summed E-state index contributed by atoms with van der Waals surface area (Å²) >= 11 is 0. The van der Waals surface area contributed by atoms with E-state index in [0.717, 1.165) is 11.1 Å². The fourth-order valence-corrected chi connectivity index (χ4v) is 4.11.